The second kappa shape index (κ2) is 8.81. The van der Waals surface area contributed by atoms with Gasteiger partial charge in [-0.15, -0.1) is 0 Å². The zero-order chi connectivity index (χ0) is 23.2. The Hall–Kier alpha value is -1.89. The molecule has 12 heteroatoms. The Kier molecular flexibility index (Phi) is 6.40. The van der Waals surface area contributed by atoms with Gasteiger partial charge in [0.1, 0.15) is 16.0 Å². The normalized spacial score (nSPS) is 23.5. The highest BCUT2D eigenvalue weighted by molar-refractivity contribution is 8.26. The molecule has 1 saturated heterocycles. The summed E-state index contributed by atoms with van der Waals surface area (Å²) >= 11 is 0.359. The van der Waals surface area contributed by atoms with E-state index in [4.69, 9.17) is 10.8 Å². The molecule has 4 N–H and O–H groups in total. The van der Waals surface area contributed by atoms with E-state index >= 15 is 0 Å². The molecule has 3 unspecified atom stereocenters. The van der Waals surface area contributed by atoms with Gasteiger partial charge >= 0.3 is 0 Å². The molecule has 2 aliphatic rings. The van der Waals surface area contributed by atoms with Gasteiger partial charge in [-0.3, -0.25) is 10.8 Å². The van der Waals surface area contributed by atoms with E-state index in [1.807, 2.05) is 13.0 Å². The number of hydrogen-bond donors (Lipinski definition) is 4. The zero-order valence-electron chi connectivity index (χ0n) is 18.1. The fourth-order valence-corrected chi connectivity index (χ4v) is 5.64. The Labute approximate surface area is 192 Å². The summed E-state index contributed by atoms with van der Waals surface area (Å²) in [5, 5.41) is 22.9. The molecule has 1 aromatic heterocycles. The lowest BCUT2D eigenvalue weighted by molar-refractivity contribution is 0.228. The quantitative estimate of drug-likeness (QED) is 0.386. The van der Waals surface area contributed by atoms with E-state index in [2.05, 4.69) is 33.9 Å². The van der Waals surface area contributed by atoms with E-state index in [0.717, 1.165) is 37.0 Å². The van der Waals surface area contributed by atoms with Crippen LogP contribution in [-0.4, -0.2) is 61.3 Å². The lowest BCUT2D eigenvalue weighted by Gasteiger charge is -2.38. The van der Waals surface area contributed by atoms with Crippen molar-refractivity contribution in [3.8, 4) is 0 Å². The summed E-state index contributed by atoms with van der Waals surface area (Å²) in [7, 11) is -1.48. The number of aromatic nitrogens is 2. The van der Waals surface area contributed by atoms with Crippen molar-refractivity contribution in [3.63, 3.8) is 0 Å². The Bertz CT molecular complexity index is 1080. The number of anilines is 1. The van der Waals surface area contributed by atoms with E-state index in [0.29, 0.717) is 22.2 Å². The average molecular weight is 484 g/mol. The van der Waals surface area contributed by atoms with Crippen LogP contribution >= 0.6 is 11.8 Å². The van der Waals surface area contributed by atoms with Gasteiger partial charge in [0.05, 0.1) is 16.6 Å². The molecular formula is C20H27F2N7OS2. The van der Waals surface area contributed by atoms with Crippen LogP contribution in [0.25, 0.3) is 10.9 Å². The molecule has 0 spiro atoms. The SMILES string of the molecule is CC1CN(c2cc(S(=O)NC3(C)CC3)cc3c2cnn3C(=N)SC(=N)C(F)F)CC(C)N1. The van der Waals surface area contributed by atoms with Gasteiger partial charge in [-0.1, -0.05) is 0 Å². The minimum atomic E-state index is -2.95. The van der Waals surface area contributed by atoms with Gasteiger partial charge in [-0.2, -0.15) is 5.10 Å². The van der Waals surface area contributed by atoms with Crippen LogP contribution in [0.4, 0.5) is 14.5 Å². The molecule has 4 rings (SSSR count). The van der Waals surface area contributed by atoms with Crippen molar-refractivity contribution >= 4 is 49.5 Å². The van der Waals surface area contributed by atoms with Gasteiger partial charge in [-0.05, 0) is 57.5 Å². The second-order valence-corrected chi connectivity index (χ2v) is 11.1. The Balaban J connectivity index is 1.77. The van der Waals surface area contributed by atoms with Gasteiger partial charge in [0.25, 0.3) is 6.43 Å². The van der Waals surface area contributed by atoms with Gasteiger partial charge in [-0.25, -0.2) is 22.4 Å². The molecule has 1 aliphatic heterocycles. The van der Waals surface area contributed by atoms with E-state index in [1.165, 1.54) is 4.68 Å². The van der Waals surface area contributed by atoms with E-state index in [-0.39, 0.29) is 22.8 Å². The summed E-state index contributed by atoms with van der Waals surface area (Å²) in [6, 6.07) is 4.09. The smallest absolute Gasteiger partial charge is 0.286 e. The number of rotatable bonds is 5. The van der Waals surface area contributed by atoms with Crippen LogP contribution in [0.1, 0.15) is 33.6 Å². The van der Waals surface area contributed by atoms with Gasteiger partial charge < -0.3 is 10.2 Å². The first-order valence-corrected chi connectivity index (χ1v) is 12.4. The standard InChI is InChI=1S/C20H27F2N7OS2/c1-11-9-28(10-12(2)26-11)15-6-13(32(30)27-20(3)4-5-20)7-16-14(15)8-25-29(16)19(24)31-18(23)17(21)22/h6-8,11-12,17,23-24,26-27H,4-5,9-10H2,1-3H3. The van der Waals surface area contributed by atoms with Gasteiger partial charge in [0, 0.05) is 41.8 Å². The van der Waals surface area contributed by atoms with Gasteiger partial charge in [0.15, 0.2) is 5.17 Å². The number of hydrogen-bond acceptors (Lipinski definition) is 7. The summed E-state index contributed by atoms with van der Waals surface area (Å²) in [4.78, 5) is 2.75. The largest absolute Gasteiger partial charge is 0.368 e. The summed E-state index contributed by atoms with van der Waals surface area (Å²) in [6.07, 6.45) is 0.560. The molecule has 2 heterocycles. The lowest BCUT2D eigenvalue weighted by atomic mass is 10.1. The molecule has 174 valence electrons. The molecular weight excluding hydrogens is 456 g/mol. The fraction of sp³-hybridized carbons (Fsp3) is 0.550. The molecule has 1 aliphatic carbocycles. The molecule has 32 heavy (non-hydrogen) atoms. The average Bonchev–Trinajstić information content (AvgIpc) is 3.27. The topological polar surface area (TPSA) is 110 Å². The highest BCUT2D eigenvalue weighted by Gasteiger charge is 2.39. The molecule has 8 nitrogen and oxygen atoms in total. The van der Waals surface area contributed by atoms with Crippen LogP contribution in [0.2, 0.25) is 0 Å². The predicted octanol–water partition coefficient (Wildman–Crippen LogP) is 3.15. The summed E-state index contributed by atoms with van der Waals surface area (Å²) in [5.74, 6) is 0. The van der Waals surface area contributed by atoms with Crippen LogP contribution in [-0.2, 0) is 11.0 Å². The molecule has 2 fully saturated rings. The number of alkyl halides is 2. The Morgan fingerprint density at radius 1 is 1.31 bits per heavy atom. The van der Waals surface area contributed by atoms with Crippen molar-refractivity contribution in [3.05, 3.63) is 18.3 Å². The molecule has 0 amide bonds. The summed E-state index contributed by atoms with van der Waals surface area (Å²) < 4.78 is 43.2. The molecule has 0 bridgehead atoms. The number of nitrogens with zero attached hydrogens (tertiary/aromatic N) is 3. The number of benzene rings is 1. The van der Waals surface area contributed by atoms with Crippen LogP contribution in [0.5, 0.6) is 0 Å². The molecule has 1 saturated carbocycles. The number of fused-ring (bicyclic) bond motifs is 1. The van der Waals surface area contributed by atoms with Crippen molar-refractivity contribution in [1.82, 2.24) is 19.8 Å². The predicted molar refractivity (Wildman–Crippen MR) is 126 cm³/mol. The van der Waals surface area contributed by atoms with Crippen molar-refractivity contribution in [2.24, 2.45) is 0 Å². The number of piperazine rings is 1. The lowest BCUT2D eigenvalue weighted by Crippen LogP contribution is -2.54. The maximum absolute atomic E-state index is 13.1. The number of nitrogens with one attached hydrogen (secondary N) is 4. The minimum Gasteiger partial charge on any atom is -0.368 e. The fourth-order valence-electron chi connectivity index (χ4n) is 3.90. The first kappa shape index (κ1) is 23.3. The maximum Gasteiger partial charge on any atom is 0.286 e. The van der Waals surface area contributed by atoms with E-state index < -0.39 is 22.5 Å². The molecule has 2 aromatic rings. The van der Waals surface area contributed by atoms with Crippen LogP contribution in [0, 0.1) is 10.8 Å². The maximum atomic E-state index is 13.1. The molecule has 1 aromatic carbocycles. The first-order valence-electron chi connectivity index (χ1n) is 10.4. The van der Waals surface area contributed by atoms with Crippen molar-refractivity contribution in [2.45, 2.75) is 62.6 Å². The van der Waals surface area contributed by atoms with Gasteiger partial charge in [0.2, 0.25) is 0 Å². The molecule has 0 radical (unpaired) electrons. The summed E-state index contributed by atoms with van der Waals surface area (Å²) in [6.45, 7) is 7.71. The van der Waals surface area contributed by atoms with E-state index in [1.54, 1.807) is 12.3 Å². The highest BCUT2D eigenvalue weighted by atomic mass is 32.2. The Morgan fingerprint density at radius 3 is 2.56 bits per heavy atom. The third-order valence-corrected chi connectivity index (χ3v) is 7.80. The number of thioether (sulfide) groups is 1. The van der Waals surface area contributed by atoms with Crippen LogP contribution in [0.15, 0.2) is 23.2 Å². The van der Waals surface area contributed by atoms with Crippen LogP contribution < -0.4 is 14.9 Å². The summed E-state index contributed by atoms with van der Waals surface area (Å²) in [5.41, 5.74) is 1.21. The Morgan fingerprint density at radius 2 is 1.97 bits per heavy atom. The minimum absolute atomic E-state index is 0.146. The second-order valence-electron chi connectivity index (χ2n) is 8.81. The first-order chi connectivity index (χ1) is 15.1. The van der Waals surface area contributed by atoms with E-state index in [9.17, 15) is 13.0 Å². The van der Waals surface area contributed by atoms with Crippen molar-refractivity contribution in [2.75, 3.05) is 18.0 Å². The highest BCUT2D eigenvalue weighted by Crippen LogP contribution is 2.37. The third-order valence-electron chi connectivity index (χ3n) is 5.69. The number of halogens is 2. The van der Waals surface area contributed by atoms with Crippen molar-refractivity contribution in [1.29, 1.82) is 10.8 Å². The monoisotopic (exact) mass is 483 g/mol. The zero-order valence-corrected chi connectivity index (χ0v) is 19.7. The third kappa shape index (κ3) is 4.87. The van der Waals surface area contributed by atoms with Crippen molar-refractivity contribution < 1.29 is 13.0 Å². The molecule has 3 atom stereocenters. The van der Waals surface area contributed by atoms with Crippen LogP contribution in [0.3, 0.4) is 0 Å².